The van der Waals surface area contributed by atoms with Crippen LogP contribution in [0.5, 0.6) is 0 Å². The third-order valence-electron chi connectivity index (χ3n) is 3.11. The molecule has 0 aliphatic carbocycles. The molecule has 0 aliphatic rings. The summed E-state index contributed by atoms with van der Waals surface area (Å²) in [5, 5.41) is 0. The van der Waals surface area contributed by atoms with Crippen LogP contribution in [0, 0.1) is 6.92 Å². The zero-order valence-corrected chi connectivity index (χ0v) is 11.9. The van der Waals surface area contributed by atoms with Crippen molar-refractivity contribution in [2.24, 2.45) is 0 Å². The molecule has 0 saturated carbocycles. The van der Waals surface area contributed by atoms with Crippen molar-refractivity contribution in [3.8, 4) is 11.1 Å². The molecule has 2 rings (SSSR count). The highest BCUT2D eigenvalue weighted by Crippen LogP contribution is 2.28. The number of ether oxygens (including phenoxy) is 1. The van der Waals surface area contributed by atoms with Gasteiger partial charge >= 0.3 is 5.97 Å². The van der Waals surface area contributed by atoms with Crippen molar-refractivity contribution in [3.05, 3.63) is 59.2 Å². The van der Waals surface area contributed by atoms with E-state index in [-0.39, 0.29) is 5.97 Å². The number of benzene rings is 2. The fourth-order valence-electron chi connectivity index (χ4n) is 2.08. The fraction of sp³-hybridized carbons (Fsp3) is 0.188. The highest BCUT2D eigenvalue weighted by Gasteiger charge is 2.14. The largest absolute Gasteiger partial charge is 0.465 e. The number of hydrogen-bond donors (Lipinski definition) is 1. The zero-order valence-electron chi connectivity index (χ0n) is 11.0. The molecule has 0 unspecified atom stereocenters. The Labute approximate surface area is 118 Å². The monoisotopic (exact) mass is 272 g/mol. The number of methoxy groups -OCH3 is 1. The van der Waals surface area contributed by atoms with Gasteiger partial charge in [-0.15, -0.1) is 0 Å². The van der Waals surface area contributed by atoms with Gasteiger partial charge in [0.1, 0.15) is 0 Å². The van der Waals surface area contributed by atoms with Gasteiger partial charge in [-0.2, -0.15) is 12.6 Å². The third-order valence-corrected chi connectivity index (χ3v) is 3.47. The van der Waals surface area contributed by atoms with Crippen LogP contribution in [0.15, 0.2) is 42.5 Å². The number of carbonyl (C=O) groups is 1. The summed E-state index contributed by atoms with van der Waals surface area (Å²) in [7, 11) is 1.40. The summed E-state index contributed by atoms with van der Waals surface area (Å²) >= 11 is 4.29. The Morgan fingerprint density at radius 1 is 1.16 bits per heavy atom. The molecule has 0 aliphatic heterocycles. The quantitative estimate of drug-likeness (QED) is 0.678. The van der Waals surface area contributed by atoms with Crippen LogP contribution in [0.1, 0.15) is 21.5 Å². The molecule has 2 nitrogen and oxygen atoms in total. The second-order valence-corrected chi connectivity index (χ2v) is 4.66. The molecule has 0 N–H and O–H groups in total. The van der Waals surface area contributed by atoms with Crippen molar-refractivity contribution in [1.82, 2.24) is 0 Å². The molecule has 0 radical (unpaired) electrons. The lowest BCUT2D eigenvalue weighted by Gasteiger charge is -2.12. The van der Waals surface area contributed by atoms with E-state index in [0.29, 0.717) is 11.3 Å². The maximum absolute atomic E-state index is 11.9. The lowest BCUT2D eigenvalue weighted by Crippen LogP contribution is -2.04. The maximum atomic E-state index is 11.9. The van der Waals surface area contributed by atoms with Crippen LogP contribution in [0.3, 0.4) is 0 Å². The number of aryl methyl sites for hydroxylation is 1. The van der Waals surface area contributed by atoms with Crippen molar-refractivity contribution >= 4 is 18.6 Å². The van der Waals surface area contributed by atoms with Crippen LogP contribution in [0.2, 0.25) is 0 Å². The van der Waals surface area contributed by atoms with E-state index in [2.05, 4.69) is 12.6 Å². The normalized spacial score (nSPS) is 10.3. The van der Waals surface area contributed by atoms with Gasteiger partial charge in [-0.05, 0) is 41.3 Å². The van der Waals surface area contributed by atoms with E-state index in [4.69, 9.17) is 4.74 Å². The molecule has 3 heteroatoms. The van der Waals surface area contributed by atoms with Crippen molar-refractivity contribution in [2.75, 3.05) is 7.11 Å². The Bertz CT molecular complexity index is 605. The standard InChI is InChI=1S/C16H16O2S/c1-11-5-3-4-6-13(11)15-9-12(10-19)7-8-14(15)16(17)18-2/h3-9,19H,10H2,1-2H3. The first kappa shape index (κ1) is 13.7. The summed E-state index contributed by atoms with van der Waals surface area (Å²) in [6.45, 7) is 2.03. The molecule has 0 spiro atoms. The molecule has 0 amide bonds. The fourth-order valence-corrected chi connectivity index (χ4v) is 2.27. The van der Waals surface area contributed by atoms with Gasteiger partial charge in [0.2, 0.25) is 0 Å². The summed E-state index contributed by atoms with van der Waals surface area (Å²) < 4.78 is 4.85. The second-order valence-electron chi connectivity index (χ2n) is 4.34. The number of thiol groups is 1. The molecule has 19 heavy (non-hydrogen) atoms. The van der Waals surface area contributed by atoms with Crippen molar-refractivity contribution < 1.29 is 9.53 Å². The van der Waals surface area contributed by atoms with E-state index in [9.17, 15) is 4.79 Å². The lowest BCUT2D eigenvalue weighted by molar-refractivity contribution is 0.0601. The first-order chi connectivity index (χ1) is 9.17. The molecule has 0 aromatic heterocycles. The first-order valence-electron chi connectivity index (χ1n) is 6.05. The minimum Gasteiger partial charge on any atom is -0.465 e. The van der Waals surface area contributed by atoms with E-state index in [1.54, 1.807) is 6.07 Å². The van der Waals surface area contributed by atoms with Crippen molar-refractivity contribution in [1.29, 1.82) is 0 Å². The average Bonchev–Trinajstić information content (AvgIpc) is 2.46. The summed E-state index contributed by atoms with van der Waals surface area (Å²) in [6.07, 6.45) is 0. The van der Waals surface area contributed by atoms with Gasteiger partial charge in [0.05, 0.1) is 12.7 Å². The summed E-state index contributed by atoms with van der Waals surface area (Å²) in [4.78, 5) is 11.9. The smallest absolute Gasteiger partial charge is 0.338 e. The molecule has 0 fully saturated rings. The number of carbonyl (C=O) groups excluding carboxylic acids is 1. The van der Waals surface area contributed by atoms with E-state index >= 15 is 0 Å². The van der Waals surface area contributed by atoms with Gasteiger partial charge in [-0.1, -0.05) is 30.3 Å². The van der Waals surface area contributed by atoms with E-state index in [0.717, 1.165) is 22.3 Å². The summed E-state index contributed by atoms with van der Waals surface area (Å²) in [5.41, 5.74) is 4.74. The molecule has 2 aromatic rings. The predicted octanol–water partition coefficient (Wildman–Crippen LogP) is 3.88. The Morgan fingerprint density at radius 2 is 1.89 bits per heavy atom. The molecule has 98 valence electrons. The number of rotatable bonds is 3. The van der Waals surface area contributed by atoms with Gasteiger partial charge in [-0.3, -0.25) is 0 Å². The minimum absolute atomic E-state index is 0.316. The van der Waals surface area contributed by atoms with Gasteiger partial charge in [0.25, 0.3) is 0 Å². The first-order valence-corrected chi connectivity index (χ1v) is 6.68. The molecule has 0 saturated heterocycles. The highest BCUT2D eigenvalue weighted by atomic mass is 32.1. The van der Waals surface area contributed by atoms with Crippen LogP contribution in [-0.2, 0) is 10.5 Å². The second kappa shape index (κ2) is 5.93. The minimum atomic E-state index is -0.316. The van der Waals surface area contributed by atoms with Gasteiger partial charge < -0.3 is 4.74 Å². The van der Waals surface area contributed by atoms with Gasteiger partial charge in [-0.25, -0.2) is 4.79 Å². The van der Waals surface area contributed by atoms with Crippen LogP contribution < -0.4 is 0 Å². The van der Waals surface area contributed by atoms with Crippen LogP contribution >= 0.6 is 12.6 Å². The number of esters is 1. The Balaban J connectivity index is 2.65. The Kier molecular flexibility index (Phi) is 4.27. The number of hydrogen-bond acceptors (Lipinski definition) is 3. The third kappa shape index (κ3) is 2.82. The van der Waals surface area contributed by atoms with E-state index in [1.807, 2.05) is 43.3 Å². The predicted molar refractivity (Wildman–Crippen MR) is 80.6 cm³/mol. The average molecular weight is 272 g/mol. The zero-order chi connectivity index (χ0) is 13.8. The van der Waals surface area contributed by atoms with Crippen LogP contribution in [0.4, 0.5) is 0 Å². The van der Waals surface area contributed by atoms with Crippen LogP contribution in [-0.4, -0.2) is 13.1 Å². The van der Waals surface area contributed by atoms with Gasteiger partial charge in [0, 0.05) is 5.75 Å². The molecular formula is C16H16O2S. The topological polar surface area (TPSA) is 26.3 Å². The van der Waals surface area contributed by atoms with Gasteiger partial charge in [0.15, 0.2) is 0 Å². The van der Waals surface area contributed by atoms with Crippen molar-refractivity contribution in [2.45, 2.75) is 12.7 Å². The van der Waals surface area contributed by atoms with Crippen LogP contribution in [0.25, 0.3) is 11.1 Å². The SMILES string of the molecule is COC(=O)c1ccc(CS)cc1-c1ccccc1C. The summed E-state index contributed by atoms with van der Waals surface area (Å²) in [6, 6.07) is 13.7. The lowest BCUT2D eigenvalue weighted by atomic mass is 9.94. The molecular weight excluding hydrogens is 256 g/mol. The molecule has 2 aromatic carbocycles. The molecule has 0 bridgehead atoms. The Morgan fingerprint density at radius 3 is 2.53 bits per heavy atom. The highest BCUT2D eigenvalue weighted by molar-refractivity contribution is 7.79. The maximum Gasteiger partial charge on any atom is 0.338 e. The van der Waals surface area contributed by atoms with Crippen molar-refractivity contribution in [3.63, 3.8) is 0 Å². The Hall–Kier alpha value is -1.74. The van der Waals surface area contributed by atoms with E-state index in [1.165, 1.54) is 7.11 Å². The molecule has 0 atom stereocenters. The molecule has 0 heterocycles. The summed E-state index contributed by atoms with van der Waals surface area (Å²) in [5.74, 6) is 0.323. The van der Waals surface area contributed by atoms with E-state index < -0.39 is 0 Å².